The van der Waals surface area contributed by atoms with Crippen molar-refractivity contribution in [2.45, 2.75) is 6.43 Å². The molecule has 1 rings (SSSR count). The Morgan fingerprint density at radius 3 is 2.33 bits per heavy atom. The predicted molar refractivity (Wildman–Crippen MR) is 58.5 cm³/mol. The Hall–Kier alpha value is 0.340. The lowest BCUT2D eigenvalue weighted by Crippen LogP contribution is -1.90. The molecule has 0 fully saturated rings. The van der Waals surface area contributed by atoms with Crippen LogP contribution in [-0.2, 0) is 0 Å². The van der Waals surface area contributed by atoms with E-state index < -0.39 is 6.43 Å². The fourth-order valence-corrected chi connectivity index (χ4v) is 2.40. The van der Waals surface area contributed by atoms with Crippen LogP contribution in [0.15, 0.2) is 12.1 Å². The van der Waals surface area contributed by atoms with Gasteiger partial charge in [-0.3, -0.25) is 0 Å². The smallest absolute Gasteiger partial charge is 0.265 e. The molecule has 0 bridgehead atoms. The molecule has 0 amide bonds. The highest BCUT2D eigenvalue weighted by atomic mass is 127. The molecule has 0 unspecified atom stereocenters. The Kier molecular flexibility index (Phi) is 3.50. The standard InChI is InChI=1S/C7H4F2I2O/c8-7(9)3-1-2-4(10)6(12)5(3)11/h1-2,7,12H. The van der Waals surface area contributed by atoms with E-state index >= 15 is 0 Å². The van der Waals surface area contributed by atoms with Crippen LogP contribution in [0.2, 0.25) is 0 Å². The van der Waals surface area contributed by atoms with Gasteiger partial charge in [0.25, 0.3) is 6.43 Å². The fraction of sp³-hybridized carbons (Fsp3) is 0.143. The van der Waals surface area contributed by atoms with Crippen LogP contribution in [0, 0.1) is 7.14 Å². The molecule has 0 aromatic heterocycles. The third-order valence-corrected chi connectivity index (χ3v) is 3.34. The van der Waals surface area contributed by atoms with E-state index in [4.69, 9.17) is 0 Å². The summed E-state index contributed by atoms with van der Waals surface area (Å²) in [6.07, 6.45) is -2.53. The third-order valence-electron chi connectivity index (χ3n) is 1.33. The van der Waals surface area contributed by atoms with Crippen LogP contribution in [0.5, 0.6) is 5.75 Å². The second-order valence-electron chi connectivity index (χ2n) is 2.10. The van der Waals surface area contributed by atoms with Crippen LogP contribution in [0.3, 0.4) is 0 Å². The molecular formula is C7H4F2I2O. The zero-order valence-electron chi connectivity index (χ0n) is 5.69. The molecule has 0 aliphatic carbocycles. The maximum Gasteiger partial charge on any atom is 0.265 e. The van der Waals surface area contributed by atoms with Gasteiger partial charge in [0.2, 0.25) is 0 Å². The molecule has 1 nitrogen and oxygen atoms in total. The molecule has 66 valence electrons. The molecule has 1 aromatic rings. The lowest BCUT2D eigenvalue weighted by molar-refractivity contribution is 0.150. The van der Waals surface area contributed by atoms with Crippen molar-refractivity contribution in [3.8, 4) is 5.75 Å². The highest BCUT2D eigenvalue weighted by molar-refractivity contribution is 14.1. The highest BCUT2D eigenvalue weighted by Crippen LogP contribution is 2.33. The molecule has 12 heavy (non-hydrogen) atoms. The minimum absolute atomic E-state index is 0.0611. The zero-order chi connectivity index (χ0) is 9.30. The SMILES string of the molecule is Oc1c(I)ccc(C(F)F)c1I. The maximum absolute atomic E-state index is 12.2. The lowest BCUT2D eigenvalue weighted by Gasteiger charge is -2.05. The van der Waals surface area contributed by atoms with Gasteiger partial charge in [-0.25, -0.2) is 8.78 Å². The minimum atomic E-state index is -2.53. The number of rotatable bonds is 1. The Morgan fingerprint density at radius 1 is 1.25 bits per heavy atom. The molecular weight excluding hydrogens is 392 g/mol. The number of hydrogen-bond acceptors (Lipinski definition) is 1. The van der Waals surface area contributed by atoms with E-state index in [2.05, 4.69) is 0 Å². The minimum Gasteiger partial charge on any atom is -0.506 e. The molecule has 0 aliphatic heterocycles. The second-order valence-corrected chi connectivity index (χ2v) is 4.34. The van der Waals surface area contributed by atoms with Gasteiger partial charge in [-0.05, 0) is 51.2 Å². The summed E-state index contributed by atoms with van der Waals surface area (Å²) >= 11 is 3.60. The largest absolute Gasteiger partial charge is 0.506 e. The first-order valence-corrected chi connectivity index (χ1v) is 5.14. The average Bonchev–Trinajstić information content (AvgIpc) is 2.00. The molecule has 0 atom stereocenters. The summed E-state index contributed by atoms with van der Waals surface area (Å²) in [6.45, 7) is 0. The predicted octanol–water partition coefficient (Wildman–Crippen LogP) is 3.54. The summed E-state index contributed by atoms with van der Waals surface area (Å²) in [7, 11) is 0. The van der Waals surface area contributed by atoms with Gasteiger partial charge in [0, 0.05) is 5.56 Å². The van der Waals surface area contributed by atoms with E-state index in [1.807, 2.05) is 22.6 Å². The van der Waals surface area contributed by atoms with Gasteiger partial charge in [-0.2, -0.15) is 0 Å². The molecule has 0 saturated heterocycles. The van der Waals surface area contributed by atoms with E-state index in [9.17, 15) is 13.9 Å². The summed E-state index contributed by atoms with van der Waals surface area (Å²) in [5.41, 5.74) is -0.117. The number of halogens is 4. The van der Waals surface area contributed by atoms with Crippen molar-refractivity contribution in [3.05, 3.63) is 24.8 Å². The summed E-state index contributed by atoms with van der Waals surface area (Å²) in [5.74, 6) is -0.0611. The quantitative estimate of drug-likeness (QED) is 0.721. The Morgan fingerprint density at radius 2 is 1.83 bits per heavy atom. The van der Waals surface area contributed by atoms with Crippen molar-refractivity contribution >= 4 is 45.2 Å². The maximum atomic E-state index is 12.2. The summed E-state index contributed by atoms with van der Waals surface area (Å²) in [5, 5.41) is 9.29. The van der Waals surface area contributed by atoms with Crippen LogP contribution in [0.1, 0.15) is 12.0 Å². The van der Waals surface area contributed by atoms with Crippen molar-refractivity contribution in [1.82, 2.24) is 0 Å². The average molecular weight is 396 g/mol. The summed E-state index contributed by atoms with van der Waals surface area (Å²) in [4.78, 5) is 0. The lowest BCUT2D eigenvalue weighted by atomic mass is 10.2. The van der Waals surface area contributed by atoms with Crippen LogP contribution >= 0.6 is 45.2 Å². The van der Waals surface area contributed by atoms with Crippen LogP contribution < -0.4 is 0 Å². The molecule has 0 heterocycles. The number of hydrogen-bond donors (Lipinski definition) is 1. The fourth-order valence-electron chi connectivity index (χ4n) is 0.725. The van der Waals surface area contributed by atoms with Crippen molar-refractivity contribution in [1.29, 1.82) is 0 Å². The zero-order valence-corrected chi connectivity index (χ0v) is 10.0. The second kappa shape index (κ2) is 4.03. The van der Waals surface area contributed by atoms with Crippen LogP contribution in [0.4, 0.5) is 8.78 Å². The number of alkyl halides is 2. The molecule has 5 heteroatoms. The van der Waals surface area contributed by atoms with Gasteiger partial charge in [-0.15, -0.1) is 0 Å². The van der Waals surface area contributed by atoms with E-state index in [1.165, 1.54) is 12.1 Å². The number of aromatic hydroxyl groups is 1. The van der Waals surface area contributed by atoms with E-state index in [-0.39, 0.29) is 14.9 Å². The first-order chi connectivity index (χ1) is 5.54. The Labute approximate surface area is 95.4 Å². The van der Waals surface area contributed by atoms with Gasteiger partial charge in [-0.1, -0.05) is 6.07 Å². The molecule has 1 aromatic carbocycles. The number of phenolic OH excluding ortho intramolecular Hbond substituents is 1. The van der Waals surface area contributed by atoms with Crippen LogP contribution in [-0.4, -0.2) is 5.11 Å². The molecule has 0 aliphatic rings. The van der Waals surface area contributed by atoms with E-state index in [1.54, 1.807) is 22.6 Å². The van der Waals surface area contributed by atoms with Gasteiger partial charge in [0.15, 0.2) is 0 Å². The van der Waals surface area contributed by atoms with Gasteiger partial charge in [0.05, 0.1) is 7.14 Å². The summed E-state index contributed by atoms with van der Waals surface area (Å²) in [6, 6.07) is 2.80. The van der Waals surface area contributed by atoms with Crippen molar-refractivity contribution in [3.63, 3.8) is 0 Å². The first kappa shape index (κ1) is 10.4. The molecule has 0 spiro atoms. The number of phenols is 1. The molecule has 1 N–H and O–H groups in total. The van der Waals surface area contributed by atoms with Crippen molar-refractivity contribution in [2.24, 2.45) is 0 Å². The monoisotopic (exact) mass is 396 g/mol. The van der Waals surface area contributed by atoms with E-state index in [0.717, 1.165) is 0 Å². The van der Waals surface area contributed by atoms with Crippen molar-refractivity contribution < 1.29 is 13.9 Å². The van der Waals surface area contributed by atoms with Crippen molar-refractivity contribution in [2.75, 3.05) is 0 Å². The molecule has 0 radical (unpaired) electrons. The Balaban J connectivity index is 3.27. The van der Waals surface area contributed by atoms with Crippen LogP contribution in [0.25, 0.3) is 0 Å². The van der Waals surface area contributed by atoms with Gasteiger partial charge >= 0.3 is 0 Å². The van der Waals surface area contributed by atoms with Gasteiger partial charge < -0.3 is 5.11 Å². The van der Waals surface area contributed by atoms with Gasteiger partial charge in [0.1, 0.15) is 5.75 Å². The number of benzene rings is 1. The third kappa shape index (κ3) is 1.98. The first-order valence-electron chi connectivity index (χ1n) is 2.99. The highest BCUT2D eigenvalue weighted by Gasteiger charge is 2.15. The topological polar surface area (TPSA) is 20.2 Å². The summed E-state index contributed by atoms with van der Waals surface area (Å²) < 4.78 is 25.3. The van der Waals surface area contributed by atoms with E-state index in [0.29, 0.717) is 3.57 Å². The normalized spacial score (nSPS) is 10.8. The molecule has 0 saturated carbocycles. The Bertz CT molecular complexity index is 302.